The van der Waals surface area contributed by atoms with Crippen LogP contribution >= 0.6 is 0 Å². The zero-order chi connectivity index (χ0) is 19.2. The molecule has 1 N–H and O–H groups in total. The lowest BCUT2D eigenvalue weighted by Gasteiger charge is -2.29. The first-order valence-electron chi connectivity index (χ1n) is 9.29. The number of hydrogen-bond acceptors (Lipinski definition) is 5. The van der Waals surface area contributed by atoms with Crippen molar-refractivity contribution in [2.75, 3.05) is 19.8 Å². The highest BCUT2D eigenvalue weighted by atomic mass is 16.5. The molecular formula is C21H26N2O4. The molecule has 1 aliphatic carbocycles. The zero-order valence-electron chi connectivity index (χ0n) is 15.7. The Hall–Kier alpha value is -2.60. The van der Waals surface area contributed by atoms with Crippen molar-refractivity contribution in [2.24, 2.45) is 0 Å². The van der Waals surface area contributed by atoms with E-state index in [-0.39, 0.29) is 11.3 Å². The molecule has 0 saturated carbocycles. The summed E-state index contributed by atoms with van der Waals surface area (Å²) in [6.45, 7) is 7.02. The lowest BCUT2D eigenvalue weighted by Crippen LogP contribution is -2.32. The van der Waals surface area contributed by atoms with Crippen molar-refractivity contribution in [1.29, 1.82) is 0 Å². The van der Waals surface area contributed by atoms with E-state index in [0.29, 0.717) is 37.9 Å². The smallest absolute Gasteiger partial charge is 0.157 e. The molecule has 3 rings (SSSR count). The van der Waals surface area contributed by atoms with E-state index in [0.717, 1.165) is 31.4 Å². The summed E-state index contributed by atoms with van der Waals surface area (Å²) in [7, 11) is 0. The van der Waals surface area contributed by atoms with Gasteiger partial charge in [-0.05, 0) is 55.9 Å². The first-order chi connectivity index (χ1) is 13.2. The maximum atomic E-state index is 11.3. The van der Waals surface area contributed by atoms with Gasteiger partial charge in [0.25, 0.3) is 0 Å². The van der Waals surface area contributed by atoms with E-state index in [9.17, 15) is 9.90 Å². The normalized spacial score (nSPS) is 19.4. The van der Waals surface area contributed by atoms with Crippen molar-refractivity contribution in [3.05, 3.63) is 59.4 Å². The molecule has 6 nitrogen and oxygen atoms in total. The van der Waals surface area contributed by atoms with E-state index < -0.39 is 0 Å². The third kappa shape index (κ3) is 4.22. The summed E-state index contributed by atoms with van der Waals surface area (Å²) in [5.74, 6) is 0.261. The lowest BCUT2D eigenvalue weighted by atomic mass is 9.90. The number of rotatable bonds is 8. The van der Waals surface area contributed by atoms with Crippen LogP contribution in [0.25, 0.3) is 5.57 Å². The van der Waals surface area contributed by atoms with Crippen LogP contribution in [0.1, 0.15) is 44.3 Å². The number of allylic oxidation sites excluding steroid dienone is 5. The average molecular weight is 370 g/mol. The highest BCUT2D eigenvalue weighted by molar-refractivity contribution is 5.79. The number of carbonyl (C=O) groups is 1. The van der Waals surface area contributed by atoms with Gasteiger partial charge in [-0.25, -0.2) is 0 Å². The van der Waals surface area contributed by atoms with Gasteiger partial charge < -0.3 is 14.6 Å². The molecule has 0 amide bonds. The molecule has 0 radical (unpaired) electrons. The van der Waals surface area contributed by atoms with E-state index in [4.69, 9.17) is 9.47 Å². The molecule has 2 heterocycles. The van der Waals surface area contributed by atoms with E-state index in [2.05, 4.69) is 22.4 Å². The third-order valence-electron chi connectivity index (χ3n) is 5.04. The molecule has 1 aromatic rings. The molecule has 6 heteroatoms. The summed E-state index contributed by atoms with van der Waals surface area (Å²) >= 11 is 0. The number of hydrogen-bond donors (Lipinski definition) is 1. The van der Waals surface area contributed by atoms with Crippen LogP contribution in [0.4, 0.5) is 0 Å². The minimum absolute atomic E-state index is 0.140. The minimum Gasteiger partial charge on any atom is -0.507 e. The Balaban J connectivity index is 1.83. The van der Waals surface area contributed by atoms with Gasteiger partial charge in [-0.15, -0.1) is 0 Å². The lowest BCUT2D eigenvalue weighted by molar-refractivity contribution is -0.105. The first kappa shape index (κ1) is 19.2. The monoisotopic (exact) mass is 370 g/mol. The molecule has 27 heavy (non-hydrogen) atoms. The van der Waals surface area contributed by atoms with E-state index in [1.807, 2.05) is 6.20 Å². The predicted molar refractivity (Wildman–Crippen MR) is 103 cm³/mol. The van der Waals surface area contributed by atoms with Gasteiger partial charge in [-0.3, -0.25) is 9.48 Å². The van der Waals surface area contributed by atoms with Gasteiger partial charge in [-0.2, -0.15) is 5.10 Å². The Morgan fingerprint density at radius 2 is 2.22 bits per heavy atom. The maximum Gasteiger partial charge on any atom is 0.157 e. The van der Waals surface area contributed by atoms with Gasteiger partial charge in [0, 0.05) is 6.20 Å². The summed E-state index contributed by atoms with van der Waals surface area (Å²) in [5, 5.41) is 14.4. The Bertz CT molecular complexity index is 797. The summed E-state index contributed by atoms with van der Waals surface area (Å²) in [4.78, 5) is 11.3. The van der Waals surface area contributed by atoms with Gasteiger partial charge in [-0.1, -0.05) is 12.7 Å². The van der Waals surface area contributed by atoms with Gasteiger partial charge in [0.05, 0.1) is 30.5 Å². The molecule has 0 unspecified atom stereocenters. The quantitative estimate of drug-likeness (QED) is 0.325. The number of carbonyl (C=O) groups excluding carboxylic acids is 1. The molecule has 1 aromatic heterocycles. The molecule has 1 aliphatic heterocycles. The Morgan fingerprint density at radius 3 is 2.89 bits per heavy atom. The third-order valence-corrected chi connectivity index (χ3v) is 5.04. The predicted octanol–water partition coefficient (Wildman–Crippen LogP) is 3.90. The standard InChI is InChI=1S/C21H26N2O4/c1-3-6-21(25)19(11-24)15(2)27-12-16-7-4-5-8-18(16)20-9-10-22-23(20)17-13-26-14-17/h3,6,9-11,17,25H,1,4-5,7-8,12-14H2,2H3/b19-15+,21-6+. The molecule has 0 spiro atoms. The number of aromatic nitrogens is 2. The van der Waals surface area contributed by atoms with Gasteiger partial charge in [0.1, 0.15) is 18.1 Å². The molecule has 1 saturated heterocycles. The van der Waals surface area contributed by atoms with Crippen LogP contribution in [0.5, 0.6) is 0 Å². The van der Waals surface area contributed by atoms with Gasteiger partial charge in [0.2, 0.25) is 0 Å². The van der Waals surface area contributed by atoms with Crippen LogP contribution in [0, 0.1) is 0 Å². The van der Waals surface area contributed by atoms with E-state index in [1.54, 1.807) is 6.92 Å². The summed E-state index contributed by atoms with van der Waals surface area (Å²) < 4.78 is 13.2. The average Bonchev–Trinajstić information content (AvgIpc) is 3.08. The minimum atomic E-state index is -0.140. The van der Waals surface area contributed by atoms with Crippen LogP contribution in [0.2, 0.25) is 0 Å². The topological polar surface area (TPSA) is 73.6 Å². The summed E-state index contributed by atoms with van der Waals surface area (Å²) in [6.07, 6.45) is 9.45. The highest BCUT2D eigenvalue weighted by Gasteiger charge is 2.26. The fraction of sp³-hybridized carbons (Fsp3) is 0.429. The Morgan fingerprint density at radius 1 is 1.44 bits per heavy atom. The second-order valence-corrected chi connectivity index (χ2v) is 6.81. The first-order valence-corrected chi connectivity index (χ1v) is 9.29. The summed E-state index contributed by atoms with van der Waals surface area (Å²) in [6, 6.07) is 2.35. The van der Waals surface area contributed by atoms with Crippen molar-refractivity contribution in [3.8, 4) is 0 Å². The number of aliphatic hydroxyl groups excluding tert-OH is 1. The molecule has 0 atom stereocenters. The van der Waals surface area contributed by atoms with Crippen molar-refractivity contribution in [1.82, 2.24) is 9.78 Å². The summed E-state index contributed by atoms with van der Waals surface area (Å²) in [5.41, 5.74) is 3.77. The van der Waals surface area contributed by atoms with Crippen LogP contribution in [-0.4, -0.2) is 41.0 Å². The van der Waals surface area contributed by atoms with E-state index in [1.165, 1.54) is 23.3 Å². The molecule has 2 aliphatic rings. The largest absolute Gasteiger partial charge is 0.507 e. The number of aliphatic hydroxyl groups is 1. The molecule has 0 aromatic carbocycles. The number of ether oxygens (including phenoxy) is 2. The number of aldehydes is 1. The van der Waals surface area contributed by atoms with Crippen molar-refractivity contribution < 1.29 is 19.4 Å². The molecule has 144 valence electrons. The van der Waals surface area contributed by atoms with Crippen molar-refractivity contribution in [2.45, 2.75) is 38.6 Å². The second kappa shape index (κ2) is 8.86. The van der Waals surface area contributed by atoms with Crippen molar-refractivity contribution in [3.63, 3.8) is 0 Å². The molecule has 1 fully saturated rings. The van der Waals surface area contributed by atoms with Crippen LogP contribution in [0.15, 0.2) is 53.7 Å². The number of nitrogens with zero attached hydrogens (tertiary/aromatic N) is 2. The van der Waals surface area contributed by atoms with Gasteiger partial charge >= 0.3 is 0 Å². The van der Waals surface area contributed by atoms with Crippen molar-refractivity contribution >= 4 is 11.9 Å². The fourth-order valence-corrected chi connectivity index (χ4v) is 3.44. The van der Waals surface area contributed by atoms with Crippen LogP contribution in [-0.2, 0) is 14.3 Å². The van der Waals surface area contributed by atoms with Gasteiger partial charge in [0.15, 0.2) is 6.29 Å². The molecular weight excluding hydrogens is 344 g/mol. The zero-order valence-corrected chi connectivity index (χ0v) is 15.7. The highest BCUT2D eigenvalue weighted by Crippen LogP contribution is 2.34. The van der Waals surface area contributed by atoms with Crippen LogP contribution in [0.3, 0.4) is 0 Å². The SMILES string of the molecule is C=C/C=C(O)\C(C=O)=C(/C)OCC1=C(c2ccnn2C2COC2)CCCC1. The second-order valence-electron chi connectivity index (χ2n) is 6.81. The van der Waals surface area contributed by atoms with E-state index >= 15 is 0 Å². The Labute approximate surface area is 159 Å². The Kier molecular flexibility index (Phi) is 6.29. The fourth-order valence-electron chi connectivity index (χ4n) is 3.44. The molecule has 0 bridgehead atoms. The maximum absolute atomic E-state index is 11.3. The van der Waals surface area contributed by atoms with Crippen LogP contribution < -0.4 is 0 Å².